The highest BCUT2D eigenvalue weighted by molar-refractivity contribution is 5.92. The summed E-state index contributed by atoms with van der Waals surface area (Å²) in [5, 5.41) is 0. The van der Waals surface area contributed by atoms with Gasteiger partial charge in [0.25, 0.3) is 0 Å². The van der Waals surface area contributed by atoms with Gasteiger partial charge in [-0.1, -0.05) is 41.5 Å². The standard InChI is InChI=1S/C18H18N2/c1-11-8-12(2)10-14(9-11)15-4-3-5-16-17(15)20-18(19-16)13-6-7-13/h3-5,8-10,13H,6-7H2,1-2H3,(H,19,20). The van der Waals surface area contributed by atoms with Crippen molar-refractivity contribution in [3.05, 3.63) is 53.3 Å². The highest BCUT2D eigenvalue weighted by Gasteiger charge is 2.27. The molecule has 100 valence electrons. The Morgan fingerprint density at radius 3 is 2.50 bits per heavy atom. The Labute approximate surface area is 118 Å². The third kappa shape index (κ3) is 1.92. The minimum absolute atomic E-state index is 0.662. The van der Waals surface area contributed by atoms with Crippen molar-refractivity contribution in [1.82, 2.24) is 9.97 Å². The summed E-state index contributed by atoms with van der Waals surface area (Å²) >= 11 is 0. The van der Waals surface area contributed by atoms with E-state index in [0.717, 1.165) is 16.9 Å². The molecule has 4 rings (SSSR count). The van der Waals surface area contributed by atoms with Gasteiger partial charge in [0, 0.05) is 11.5 Å². The molecule has 1 aliphatic carbocycles. The molecule has 0 unspecified atom stereocenters. The van der Waals surface area contributed by atoms with E-state index in [2.05, 4.69) is 55.2 Å². The summed E-state index contributed by atoms with van der Waals surface area (Å²) < 4.78 is 0. The van der Waals surface area contributed by atoms with Crippen molar-refractivity contribution in [3.63, 3.8) is 0 Å². The lowest BCUT2D eigenvalue weighted by Gasteiger charge is -2.06. The third-order valence-electron chi connectivity index (χ3n) is 4.03. The van der Waals surface area contributed by atoms with Crippen molar-refractivity contribution in [2.75, 3.05) is 0 Å². The number of aryl methyl sites for hydroxylation is 2. The van der Waals surface area contributed by atoms with Crippen LogP contribution in [0.1, 0.15) is 35.7 Å². The summed E-state index contributed by atoms with van der Waals surface area (Å²) in [6.45, 7) is 4.30. The van der Waals surface area contributed by atoms with Gasteiger partial charge in [0.2, 0.25) is 0 Å². The average molecular weight is 262 g/mol. The maximum Gasteiger partial charge on any atom is 0.110 e. The Bertz CT molecular complexity index is 774. The molecule has 1 N–H and O–H groups in total. The molecule has 0 bridgehead atoms. The molecule has 20 heavy (non-hydrogen) atoms. The van der Waals surface area contributed by atoms with E-state index < -0.39 is 0 Å². The molecule has 2 aromatic carbocycles. The molecule has 0 amide bonds. The molecule has 2 heteroatoms. The van der Waals surface area contributed by atoms with E-state index in [0.29, 0.717) is 5.92 Å². The van der Waals surface area contributed by atoms with E-state index in [4.69, 9.17) is 4.98 Å². The van der Waals surface area contributed by atoms with Crippen LogP contribution in [0.25, 0.3) is 22.2 Å². The van der Waals surface area contributed by atoms with Crippen molar-refractivity contribution in [3.8, 4) is 11.1 Å². The first-order valence-corrected chi connectivity index (χ1v) is 7.28. The molecular weight excluding hydrogens is 244 g/mol. The number of nitrogens with one attached hydrogen (secondary N) is 1. The molecule has 0 spiro atoms. The second-order valence-electron chi connectivity index (χ2n) is 5.97. The Hall–Kier alpha value is -2.09. The number of H-pyrrole nitrogens is 1. The lowest BCUT2D eigenvalue weighted by molar-refractivity contribution is 0.986. The topological polar surface area (TPSA) is 28.7 Å². The quantitative estimate of drug-likeness (QED) is 0.711. The van der Waals surface area contributed by atoms with Crippen molar-refractivity contribution in [2.45, 2.75) is 32.6 Å². The predicted molar refractivity (Wildman–Crippen MR) is 83.0 cm³/mol. The van der Waals surface area contributed by atoms with E-state index >= 15 is 0 Å². The van der Waals surface area contributed by atoms with E-state index in [1.807, 2.05) is 0 Å². The van der Waals surface area contributed by atoms with Crippen LogP contribution in [0.2, 0.25) is 0 Å². The normalized spacial score (nSPS) is 14.9. The first-order valence-electron chi connectivity index (χ1n) is 7.28. The fourth-order valence-corrected chi connectivity index (χ4v) is 2.96. The first kappa shape index (κ1) is 11.7. The summed E-state index contributed by atoms with van der Waals surface area (Å²) in [6.07, 6.45) is 2.55. The van der Waals surface area contributed by atoms with E-state index in [9.17, 15) is 0 Å². The number of rotatable bonds is 2. The van der Waals surface area contributed by atoms with Crippen molar-refractivity contribution in [2.24, 2.45) is 0 Å². The van der Waals surface area contributed by atoms with Gasteiger partial charge in [0.1, 0.15) is 5.82 Å². The Morgan fingerprint density at radius 2 is 1.80 bits per heavy atom. The van der Waals surface area contributed by atoms with Gasteiger partial charge in [0.15, 0.2) is 0 Å². The molecule has 1 aliphatic rings. The molecule has 1 fully saturated rings. The smallest absolute Gasteiger partial charge is 0.110 e. The van der Waals surface area contributed by atoms with E-state index in [1.54, 1.807) is 0 Å². The molecule has 0 atom stereocenters. The highest BCUT2D eigenvalue weighted by Crippen LogP contribution is 2.40. The van der Waals surface area contributed by atoms with Gasteiger partial charge < -0.3 is 4.98 Å². The van der Waals surface area contributed by atoms with Crippen molar-refractivity contribution < 1.29 is 0 Å². The maximum absolute atomic E-state index is 4.85. The van der Waals surface area contributed by atoms with Crippen LogP contribution < -0.4 is 0 Å². The Morgan fingerprint density at radius 1 is 1.05 bits per heavy atom. The maximum atomic E-state index is 4.85. The van der Waals surface area contributed by atoms with Crippen LogP contribution >= 0.6 is 0 Å². The van der Waals surface area contributed by atoms with Gasteiger partial charge in [-0.05, 0) is 38.3 Å². The average Bonchev–Trinajstić information content (AvgIpc) is 3.16. The second-order valence-corrected chi connectivity index (χ2v) is 5.97. The number of imidazole rings is 1. The van der Waals surface area contributed by atoms with E-state index in [-0.39, 0.29) is 0 Å². The second kappa shape index (κ2) is 4.20. The number of para-hydroxylation sites is 1. The Balaban J connectivity index is 1.93. The summed E-state index contributed by atoms with van der Waals surface area (Å²) in [7, 11) is 0. The summed E-state index contributed by atoms with van der Waals surface area (Å²) in [5.41, 5.74) is 7.37. The van der Waals surface area contributed by atoms with Crippen LogP contribution in [0.4, 0.5) is 0 Å². The monoisotopic (exact) mass is 262 g/mol. The van der Waals surface area contributed by atoms with Crippen LogP contribution in [0.15, 0.2) is 36.4 Å². The van der Waals surface area contributed by atoms with Crippen LogP contribution in [0.5, 0.6) is 0 Å². The van der Waals surface area contributed by atoms with Crippen molar-refractivity contribution in [1.29, 1.82) is 0 Å². The number of hydrogen-bond donors (Lipinski definition) is 1. The van der Waals surface area contributed by atoms with Crippen LogP contribution in [0, 0.1) is 13.8 Å². The van der Waals surface area contributed by atoms with Crippen LogP contribution in [-0.4, -0.2) is 9.97 Å². The zero-order chi connectivity index (χ0) is 13.7. The minimum Gasteiger partial charge on any atom is -0.342 e. The number of fused-ring (bicyclic) bond motifs is 1. The lowest BCUT2D eigenvalue weighted by atomic mass is 10.00. The minimum atomic E-state index is 0.662. The predicted octanol–water partition coefficient (Wildman–Crippen LogP) is 4.72. The number of aromatic nitrogens is 2. The Kier molecular flexibility index (Phi) is 2.46. The molecule has 0 radical (unpaired) electrons. The molecule has 1 aromatic heterocycles. The zero-order valence-electron chi connectivity index (χ0n) is 11.9. The molecule has 2 nitrogen and oxygen atoms in total. The molecule has 3 aromatic rings. The van der Waals surface area contributed by atoms with Gasteiger partial charge >= 0.3 is 0 Å². The summed E-state index contributed by atoms with van der Waals surface area (Å²) in [6, 6.07) is 13.1. The number of hydrogen-bond acceptors (Lipinski definition) is 1. The third-order valence-corrected chi connectivity index (χ3v) is 4.03. The van der Waals surface area contributed by atoms with Gasteiger partial charge in [-0.3, -0.25) is 0 Å². The molecule has 0 aliphatic heterocycles. The van der Waals surface area contributed by atoms with Gasteiger partial charge in [-0.2, -0.15) is 0 Å². The fourth-order valence-electron chi connectivity index (χ4n) is 2.96. The van der Waals surface area contributed by atoms with Crippen LogP contribution in [-0.2, 0) is 0 Å². The number of aromatic amines is 1. The van der Waals surface area contributed by atoms with E-state index in [1.165, 1.54) is 35.1 Å². The SMILES string of the molecule is Cc1cc(C)cc(-c2cccc3[nH]c(C4CC4)nc23)c1. The molecule has 1 heterocycles. The van der Waals surface area contributed by atoms with Gasteiger partial charge in [-0.25, -0.2) is 4.98 Å². The van der Waals surface area contributed by atoms with Gasteiger partial charge in [-0.15, -0.1) is 0 Å². The summed E-state index contributed by atoms with van der Waals surface area (Å²) in [5.74, 6) is 1.83. The number of nitrogens with zero attached hydrogens (tertiary/aromatic N) is 1. The molecule has 1 saturated carbocycles. The molecular formula is C18H18N2. The largest absolute Gasteiger partial charge is 0.342 e. The fraction of sp³-hybridized carbons (Fsp3) is 0.278. The molecule has 0 saturated heterocycles. The van der Waals surface area contributed by atoms with Crippen LogP contribution in [0.3, 0.4) is 0 Å². The lowest BCUT2D eigenvalue weighted by Crippen LogP contribution is -1.85. The number of benzene rings is 2. The zero-order valence-corrected chi connectivity index (χ0v) is 11.9. The van der Waals surface area contributed by atoms with Gasteiger partial charge in [0.05, 0.1) is 11.0 Å². The summed E-state index contributed by atoms with van der Waals surface area (Å²) in [4.78, 5) is 8.34. The first-order chi connectivity index (χ1) is 9.70. The highest BCUT2D eigenvalue weighted by atomic mass is 14.9. The van der Waals surface area contributed by atoms with Crippen molar-refractivity contribution >= 4 is 11.0 Å².